The highest BCUT2D eigenvalue weighted by atomic mass is 16.8. The number of fused-ring (bicyclic) bond motifs is 4. The van der Waals surface area contributed by atoms with Gasteiger partial charge in [-0.1, -0.05) is 39.3 Å². The van der Waals surface area contributed by atoms with Gasteiger partial charge in [0, 0.05) is 24.2 Å². The van der Waals surface area contributed by atoms with Crippen LogP contribution in [0, 0.1) is 45.3 Å². The Balaban J connectivity index is 0.870. The summed E-state index contributed by atoms with van der Waals surface area (Å²) in [7, 11) is 0. The molecule has 4 saturated carbocycles. The molecule has 4 aliphatic carbocycles. The van der Waals surface area contributed by atoms with E-state index >= 15 is 0 Å². The van der Waals surface area contributed by atoms with Crippen molar-refractivity contribution in [3.05, 3.63) is 11.6 Å². The fraction of sp³-hybridized carbons (Fsp3) is 0.966. The van der Waals surface area contributed by atoms with Crippen LogP contribution in [0.3, 0.4) is 0 Å². The van der Waals surface area contributed by atoms with Crippen molar-refractivity contribution >= 4 is 0 Å². The second kappa shape index (κ2) is 23.4. The van der Waals surface area contributed by atoms with Gasteiger partial charge in [-0.2, -0.15) is 0 Å². The van der Waals surface area contributed by atoms with E-state index in [0.717, 1.165) is 44.1 Å². The maximum atomic E-state index is 12.3. The number of allylic oxidation sites excluding steroid dienone is 1. The van der Waals surface area contributed by atoms with Crippen molar-refractivity contribution in [3.8, 4) is 0 Å². The van der Waals surface area contributed by atoms with Gasteiger partial charge in [-0.15, -0.1) is 0 Å². The zero-order chi connectivity index (χ0) is 60.7. The Bertz CT molecular complexity index is 2330. The summed E-state index contributed by atoms with van der Waals surface area (Å²) in [6, 6.07) is 0. The van der Waals surface area contributed by atoms with Gasteiger partial charge in [0.25, 0.3) is 0 Å². The average molecular weight is 1210 g/mol. The molecule has 29 unspecified atom stereocenters. The van der Waals surface area contributed by atoms with Crippen LogP contribution in [-0.2, 0) is 56.8 Å². The zero-order valence-electron chi connectivity index (χ0n) is 49.2. The van der Waals surface area contributed by atoms with Crippen LogP contribution < -0.4 is 0 Å². The predicted octanol–water partition coefficient (Wildman–Crippen LogP) is -2.72. The second-order valence-electron chi connectivity index (χ2n) is 28.2. The number of ether oxygens (including phenoxy) is 12. The molecule has 0 amide bonds. The monoisotopic (exact) mass is 1210 g/mol. The standard InChI is InChI=1S/C58H94O26/c1-23(2)15-25-16-56(8,72)47-26-9-10-32-54(6)13-12-33(53(4,5)31(54)11-14-55(32,7)57(26)21-58(47,84-25)76-22-57)80-51-46(83-50-43(71)38(66)34(62)24(3)77-50)44(28(61)19-74-51)81-52-45(82-49-41(69)35(63)27(60)18-73-49)40(68)37(65)30(79-52)20-75-48-42(70)39(67)36(64)29(17-59)78-48/h15,24-52,59-72H,9-14,16-22H2,1-8H3/t24?,25?,26?,27?,28?,29?,30?,31?,32?,33?,34?,35?,36?,37?,38?,39?,40?,41?,42?,43?,44?,45?,46?,47?,48?,49?,50?,51?,52?,54-,55+,56-,57-,58-/m0/s1. The van der Waals surface area contributed by atoms with E-state index in [1.54, 1.807) is 0 Å². The molecule has 0 aromatic rings. The summed E-state index contributed by atoms with van der Waals surface area (Å²) in [4.78, 5) is 0. The van der Waals surface area contributed by atoms with E-state index in [1.807, 2.05) is 20.8 Å². The van der Waals surface area contributed by atoms with E-state index in [9.17, 15) is 71.5 Å². The summed E-state index contributed by atoms with van der Waals surface area (Å²) in [5.41, 5.74) is -0.980. The number of aliphatic hydroxyl groups excluding tert-OH is 13. The topological polar surface area (TPSA) is 394 Å². The summed E-state index contributed by atoms with van der Waals surface area (Å²) in [5.74, 6) is -0.440. The molecule has 2 bridgehead atoms. The van der Waals surface area contributed by atoms with Gasteiger partial charge in [-0.05, 0) is 100 Å². The Kier molecular flexibility index (Phi) is 17.9. The lowest BCUT2D eigenvalue weighted by Gasteiger charge is -2.70. The summed E-state index contributed by atoms with van der Waals surface area (Å²) in [5, 5.41) is 154. The maximum Gasteiger partial charge on any atom is 0.187 e. The van der Waals surface area contributed by atoms with Crippen molar-refractivity contribution < 1.29 is 128 Å². The molecule has 34 atom stereocenters. The van der Waals surface area contributed by atoms with Gasteiger partial charge < -0.3 is 128 Å². The van der Waals surface area contributed by atoms with Crippen LogP contribution in [-0.4, -0.2) is 269 Å². The molecular weight excluding hydrogens is 1110 g/mol. The molecule has 7 heterocycles. The fourth-order valence-corrected chi connectivity index (χ4v) is 18.3. The average Bonchev–Trinajstić information content (AvgIpc) is 1.44. The lowest BCUT2D eigenvalue weighted by molar-refractivity contribution is -0.401. The Morgan fingerprint density at radius 3 is 1.93 bits per heavy atom. The van der Waals surface area contributed by atoms with Crippen molar-refractivity contribution in [1.29, 1.82) is 0 Å². The third-order valence-corrected chi connectivity index (χ3v) is 22.5. The first-order valence-electron chi connectivity index (χ1n) is 30.3. The smallest absolute Gasteiger partial charge is 0.187 e. The summed E-state index contributed by atoms with van der Waals surface area (Å²) >= 11 is 0. The SMILES string of the molecule is CC(C)=CC1C[C@](C)(O)C2C3CCC4[C@@]5(C)CCC(OC6OCC(O)C(OC7OC(COC8OC(CO)C(O)C(O)C8O)C(O)C(O)C7OC7OCC(O)C(O)C7O)C6OC6OC(C)C(O)C(O)C6O)C(C)(C)C5CC[C@@]4(C)[C@@]34CO[C@@]2(C4)O1. The molecule has 482 valence electrons. The molecule has 7 saturated heterocycles. The maximum absolute atomic E-state index is 12.3. The van der Waals surface area contributed by atoms with Crippen molar-refractivity contribution in [3.63, 3.8) is 0 Å². The van der Waals surface area contributed by atoms with Crippen LogP contribution in [0.2, 0.25) is 0 Å². The minimum absolute atomic E-state index is 0.110. The molecule has 14 N–H and O–H groups in total. The highest BCUT2D eigenvalue weighted by Crippen LogP contribution is 2.80. The molecule has 11 rings (SSSR count). The minimum Gasteiger partial charge on any atom is -0.394 e. The van der Waals surface area contributed by atoms with E-state index in [1.165, 1.54) is 6.92 Å². The van der Waals surface area contributed by atoms with E-state index < -0.39 is 191 Å². The van der Waals surface area contributed by atoms with Crippen molar-refractivity contribution in [2.45, 2.75) is 272 Å². The van der Waals surface area contributed by atoms with Crippen LogP contribution in [0.4, 0.5) is 0 Å². The zero-order valence-corrected chi connectivity index (χ0v) is 49.2. The fourth-order valence-electron chi connectivity index (χ4n) is 18.3. The minimum atomic E-state index is -2.04. The van der Waals surface area contributed by atoms with E-state index in [0.29, 0.717) is 19.4 Å². The number of aliphatic hydroxyl groups is 14. The van der Waals surface area contributed by atoms with Gasteiger partial charge in [0.05, 0.1) is 56.9 Å². The third-order valence-electron chi connectivity index (χ3n) is 22.5. The predicted molar refractivity (Wildman–Crippen MR) is 283 cm³/mol. The second-order valence-corrected chi connectivity index (χ2v) is 28.2. The number of rotatable bonds is 13. The largest absolute Gasteiger partial charge is 0.394 e. The van der Waals surface area contributed by atoms with Crippen LogP contribution in [0.5, 0.6) is 0 Å². The van der Waals surface area contributed by atoms with Gasteiger partial charge >= 0.3 is 0 Å². The third kappa shape index (κ3) is 10.5. The van der Waals surface area contributed by atoms with E-state index in [4.69, 9.17) is 56.8 Å². The number of hydrogen-bond donors (Lipinski definition) is 14. The Hall–Kier alpha value is -1.30. The van der Waals surface area contributed by atoms with Crippen LogP contribution in [0.25, 0.3) is 0 Å². The van der Waals surface area contributed by atoms with Gasteiger partial charge in [0.15, 0.2) is 37.2 Å². The number of hydrogen-bond acceptors (Lipinski definition) is 26. The van der Waals surface area contributed by atoms with E-state index in [2.05, 4.69) is 33.8 Å². The van der Waals surface area contributed by atoms with E-state index in [-0.39, 0.29) is 46.0 Å². The van der Waals surface area contributed by atoms with Gasteiger partial charge in [-0.3, -0.25) is 0 Å². The van der Waals surface area contributed by atoms with Crippen LogP contribution in [0.15, 0.2) is 11.6 Å². The molecule has 2 spiro atoms. The first-order chi connectivity index (χ1) is 39.4. The Morgan fingerprint density at radius 2 is 1.21 bits per heavy atom. The normalized spacial score (nSPS) is 57.1. The van der Waals surface area contributed by atoms with Gasteiger partial charge in [0.1, 0.15) is 104 Å². The molecule has 11 fully saturated rings. The lowest BCUT2D eigenvalue weighted by Crippen LogP contribution is -2.68. The van der Waals surface area contributed by atoms with Crippen LogP contribution in [0.1, 0.15) is 107 Å². The summed E-state index contributed by atoms with van der Waals surface area (Å²) in [6.45, 7) is 14.8. The van der Waals surface area contributed by atoms with Crippen LogP contribution >= 0.6 is 0 Å². The van der Waals surface area contributed by atoms with Crippen molar-refractivity contribution in [1.82, 2.24) is 0 Å². The molecule has 7 aliphatic heterocycles. The first kappa shape index (κ1) is 64.2. The molecule has 84 heavy (non-hydrogen) atoms. The van der Waals surface area contributed by atoms with Crippen molar-refractivity contribution in [2.24, 2.45) is 45.3 Å². The molecule has 0 aromatic carbocycles. The first-order valence-corrected chi connectivity index (χ1v) is 30.3. The molecule has 0 aromatic heterocycles. The van der Waals surface area contributed by atoms with Gasteiger partial charge in [-0.25, -0.2) is 0 Å². The summed E-state index contributed by atoms with van der Waals surface area (Å²) < 4.78 is 75.5. The Morgan fingerprint density at radius 1 is 0.583 bits per heavy atom. The lowest BCUT2D eigenvalue weighted by atomic mass is 9.35. The van der Waals surface area contributed by atoms with Crippen molar-refractivity contribution in [2.75, 3.05) is 33.0 Å². The molecule has 0 radical (unpaired) electrons. The Labute approximate surface area is 488 Å². The quantitative estimate of drug-likeness (QED) is 0.0658. The molecule has 26 heteroatoms. The molecular formula is C58H94O26. The molecule has 11 aliphatic rings. The van der Waals surface area contributed by atoms with Gasteiger partial charge in [0.2, 0.25) is 0 Å². The highest BCUT2D eigenvalue weighted by Gasteiger charge is 2.81. The molecule has 26 nitrogen and oxygen atoms in total. The summed E-state index contributed by atoms with van der Waals surface area (Å²) in [6.07, 6.45) is -31.8. The highest BCUT2D eigenvalue weighted by molar-refractivity contribution is 5.27.